The first-order valence-corrected chi connectivity index (χ1v) is 4.34. The maximum Gasteiger partial charge on any atom is 0.0934 e. The van der Waals surface area contributed by atoms with Gasteiger partial charge in [0.2, 0.25) is 0 Å². The molecule has 0 aliphatic heterocycles. The molecule has 1 aromatic carbocycles. The van der Waals surface area contributed by atoms with Crippen LogP contribution in [0.25, 0.3) is 10.9 Å². The summed E-state index contributed by atoms with van der Waals surface area (Å²) in [5, 5.41) is 5.48. The highest BCUT2D eigenvalue weighted by Crippen LogP contribution is 2.14. The van der Waals surface area contributed by atoms with Crippen molar-refractivity contribution in [3.8, 4) is 0 Å². The van der Waals surface area contributed by atoms with E-state index in [4.69, 9.17) is 0 Å². The molecule has 0 aliphatic rings. The molecule has 0 saturated carbocycles. The molecule has 0 aliphatic carbocycles. The maximum atomic E-state index is 4.28. The van der Waals surface area contributed by atoms with Crippen molar-refractivity contribution in [3.05, 3.63) is 30.0 Å². The van der Waals surface area contributed by atoms with E-state index in [-0.39, 0.29) is 0 Å². The molecule has 1 aromatic heterocycles. The fourth-order valence-corrected chi connectivity index (χ4v) is 1.63. The topological polar surface area (TPSA) is 17.8 Å². The number of nitrogens with zero attached hydrogens (tertiary/aromatic N) is 2. The Bertz CT molecular complexity index is 392. The lowest BCUT2D eigenvalue weighted by Crippen LogP contribution is -1.75. The van der Waals surface area contributed by atoms with Crippen molar-refractivity contribution in [2.75, 3.05) is 0 Å². The van der Waals surface area contributed by atoms with Gasteiger partial charge < -0.3 is 0 Å². The monoisotopic (exact) mass is 258 g/mol. The molecule has 0 atom stereocenters. The second kappa shape index (κ2) is 2.48. The summed E-state index contributed by atoms with van der Waals surface area (Å²) in [5.41, 5.74) is 2.33. The molecule has 0 amide bonds. The fourth-order valence-electron chi connectivity index (χ4n) is 1.10. The van der Waals surface area contributed by atoms with Crippen LogP contribution in [-0.2, 0) is 0 Å². The summed E-state index contributed by atoms with van der Waals surface area (Å²) < 4.78 is 1.81. The molecule has 2 nitrogen and oxygen atoms in total. The third-order valence-electron chi connectivity index (χ3n) is 1.63. The van der Waals surface area contributed by atoms with Gasteiger partial charge in [0.1, 0.15) is 0 Å². The van der Waals surface area contributed by atoms with Gasteiger partial charge >= 0.3 is 0 Å². The minimum atomic E-state index is 1.07. The Balaban J connectivity index is 2.82. The Morgan fingerprint density at radius 3 is 3.09 bits per heavy atom. The van der Waals surface area contributed by atoms with E-state index in [2.05, 4.69) is 53.1 Å². The van der Waals surface area contributed by atoms with Crippen molar-refractivity contribution in [2.24, 2.45) is 0 Å². The number of fused-ring (bicyclic) bond motifs is 1. The Morgan fingerprint density at radius 1 is 1.45 bits per heavy atom. The fraction of sp³-hybridized carbons (Fsp3) is 0.125. The average molecular weight is 258 g/mol. The highest BCUT2D eigenvalue weighted by molar-refractivity contribution is 14.1. The van der Waals surface area contributed by atoms with E-state index in [0.29, 0.717) is 0 Å². The summed E-state index contributed by atoms with van der Waals surface area (Å²) in [7, 11) is 0. The molecule has 3 heteroatoms. The highest BCUT2D eigenvalue weighted by Gasteiger charge is 1.96. The lowest BCUT2D eigenvalue weighted by atomic mass is 10.2. The molecular weight excluding hydrogens is 251 g/mol. The van der Waals surface area contributed by atoms with Crippen molar-refractivity contribution in [1.29, 1.82) is 0 Å². The standard InChI is InChI=1S/C8H7IN2/c1-6-2-3-7-5-11(9)10-8(7)4-6/h2-5H,1H3. The summed E-state index contributed by atoms with van der Waals surface area (Å²) in [6.07, 6.45) is 2.01. The minimum Gasteiger partial charge on any atom is -0.210 e. The van der Waals surface area contributed by atoms with Crippen LogP contribution in [0.2, 0.25) is 0 Å². The number of aromatic nitrogens is 2. The molecular formula is C8H7IN2. The zero-order valence-corrected chi connectivity index (χ0v) is 8.24. The molecule has 0 saturated heterocycles. The van der Waals surface area contributed by atoms with Gasteiger partial charge in [-0.1, -0.05) is 12.1 Å². The summed E-state index contributed by atoms with van der Waals surface area (Å²) in [6.45, 7) is 2.08. The third kappa shape index (κ3) is 1.24. The van der Waals surface area contributed by atoms with Gasteiger partial charge in [0, 0.05) is 11.6 Å². The number of aryl methyl sites for hydroxylation is 1. The molecule has 0 bridgehead atoms. The minimum absolute atomic E-state index is 1.07. The molecule has 0 N–H and O–H groups in total. The van der Waals surface area contributed by atoms with E-state index in [1.807, 2.05) is 9.09 Å². The SMILES string of the molecule is Cc1ccc2cn(I)nc2c1. The van der Waals surface area contributed by atoms with E-state index in [1.165, 1.54) is 10.9 Å². The van der Waals surface area contributed by atoms with Crippen LogP contribution in [0.5, 0.6) is 0 Å². The first-order valence-electron chi connectivity index (χ1n) is 3.38. The predicted molar refractivity (Wildman–Crippen MR) is 53.9 cm³/mol. The Hall–Kier alpha value is -0.580. The van der Waals surface area contributed by atoms with Gasteiger partial charge in [-0.05, 0) is 18.6 Å². The second-order valence-corrected chi connectivity index (χ2v) is 3.57. The largest absolute Gasteiger partial charge is 0.210 e. The number of hydrogen-bond acceptors (Lipinski definition) is 1. The maximum absolute atomic E-state index is 4.28. The van der Waals surface area contributed by atoms with Crippen molar-refractivity contribution < 1.29 is 0 Å². The van der Waals surface area contributed by atoms with Gasteiger partial charge in [-0.3, -0.25) is 0 Å². The van der Waals surface area contributed by atoms with Crippen LogP contribution < -0.4 is 0 Å². The number of rotatable bonds is 0. The summed E-state index contributed by atoms with van der Waals surface area (Å²) in [4.78, 5) is 0. The second-order valence-electron chi connectivity index (χ2n) is 2.58. The molecule has 0 unspecified atom stereocenters. The predicted octanol–water partition coefficient (Wildman–Crippen LogP) is 2.54. The number of halogens is 1. The lowest BCUT2D eigenvalue weighted by molar-refractivity contribution is 1.08. The van der Waals surface area contributed by atoms with Gasteiger partial charge in [-0.2, -0.15) is 5.10 Å². The molecule has 2 rings (SSSR count). The van der Waals surface area contributed by atoms with Gasteiger partial charge in [0.05, 0.1) is 28.4 Å². The molecule has 1 heterocycles. The molecule has 56 valence electrons. The first-order chi connectivity index (χ1) is 5.25. The van der Waals surface area contributed by atoms with E-state index < -0.39 is 0 Å². The van der Waals surface area contributed by atoms with Crippen LogP contribution in [0.3, 0.4) is 0 Å². The van der Waals surface area contributed by atoms with Crippen LogP contribution in [-0.4, -0.2) is 7.99 Å². The molecule has 11 heavy (non-hydrogen) atoms. The zero-order valence-electron chi connectivity index (χ0n) is 6.08. The van der Waals surface area contributed by atoms with Gasteiger partial charge in [0.25, 0.3) is 0 Å². The van der Waals surface area contributed by atoms with Crippen molar-refractivity contribution in [1.82, 2.24) is 7.99 Å². The van der Waals surface area contributed by atoms with Crippen LogP contribution >= 0.6 is 22.9 Å². The van der Waals surface area contributed by atoms with Gasteiger partial charge in [-0.25, -0.2) is 2.90 Å². The van der Waals surface area contributed by atoms with E-state index >= 15 is 0 Å². The Morgan fingerprint density at radius 2 is 2.27 bits per heavy atom. The van der Waals surface area contributed by atoms with Crippen molar-refractivity contribution in [2.45, 2.75) is 6.92 Å². The first kappa shape index (κ1) is 7.09. The van der Waals surface area contributed by atoms with Crippen LogP contribution in [0, 0.1) is 6.92 Å². The van der Waals surface area contributed by atoms with Crippen LogP contribution in [0.4, 0.5) is 0 Å². The number of benzene rings is 1. The molecule has 0 spiro atoms. The van der Waals surface area contributed by atoms with Crippen LogP contribution in [0.1, 0.15) is 5.56 Å². The lowest BCUT2D eigenvalue weighted by Gasteiger charge is -1.88. The molecule has 2 aromatic rings. The molecule has 0 fully saturated rings. The van der Waals surface area contributed by atoms with Crippen molar-refractivity contribution in [3.63, 3.8) is 0 Å². The van der Waals surface area contributed by atoms with E-state index in [9.17, 15) is 0 Å². The Labute approximate surface area is 78.7 Å². The smallest absolute Gasteiger partial charge is 0.0934 e. The van der Waals surface area contributed by atoms with E-state index in [0.717, 1.165) is 5.52 Å². The van der Waals surface area contributed by atoms with Gasteiger partial charge in [0.15, 0.2) is 0 Å². The van der Waals surface area contributed by atoms with E-state index in [1.54, 1.807) is 0 Å². The Kier molecular flexibility index (Phi) is 1.60. The number of hydrogen-bond donors (Lipinski definition) is 0. The third-order valence-corrected chi connectivity index (χ3v) is 2.13. The molecule has 0 radical (unpaired) electrons. The quantitative estimate of drug-likeness (QED) is 0.664. The highest BCUT2D eigenvalue weighted by atomic mass is 127. The van der Waals surface area contributed by atoms with Gasteiger partial charge in [-0.15, -0.1) is 0 Å². The summed E-state index contributed by atoms with van der Waals surface area (Å²) in [6, 6.07) is 6.28. The van der Waals surface area contributed by atoms with Crippen LogP contribution in [0.15, 0.2) is 24.4 Å². The normalized spacial score (nSPS) is 10.7. The van der Waals surface area contributed by atoms with Crippen molar-refractivity contribution >= 4 is 33.8 Å². The zero-order chi connectivity index (χ0) is 7.84. The summed E-state index contributed by atoms with van der Waals surface area (Å²) in [5.74, 6) is 0. The summed E-state index contributed by atoms with van der Waals surface area (Å²) >= 11 is 2.15. The average Bonchev–Trinajstić information content (AvgIpc) is 2.27.